The fraction of sp³-hybridized carbons (Fsp3) is 0.444. The molecule has 3 amide bonds. The molecule has 3 rings (SSSR count). The van der Waals surface area contributed by atoms with Crippen LogP contribution in [0.4, 0.5) is 14.9 Å². The van der Waals surface area contributed by atoms with E-state index in [-0.39, 0.29) is 30.6 Å². The summed E-state index contributed by atoms with van der Waals surface area (Å²) in [4.78, 5) is 25.5. The van der Waals surface area contributed by atoms with Crippen molar-refractivity contribution in [3.63, 3.8) is 0 Å². The number of urea groups is 1. The van der Waals surface area contributed by atoms with Gasteiger partial charge in [-0.15, -0.1) is 5.10 Å². The second-order valence-corrected chi connectivity index (χ2v) is 6.90. The number of rotatable bonds is 5. The Hall–Kier alpha value is -3.01. The lowest BCUT2D eigenvalue weighted by atomic mass is 10.1. The Balaban J connectivity index is 1.58. The Bertz CT molecular complexity index is 869. The smallest absolute Gasteiger partial charge is 0.321 e. The predicted molar refractivity (Wildman–Crippen MR) is 101 cm³/mol. The highest BCUT2D eigenvalue weighted by atomic mass is 19.1. The van der Waals surface area contributed by atoms with Gasteiger partial charge in [-0.25, -0.2) is 13.9 Å². The third-order valence-corrected chi connectivity index (χ3v) is 4.79. The number of anilines is 1. The van der Waals surface area contributed by atoms with Crippen LogP contribution in [-0.2, 0) is 11.3 Å². The molecule has 0 bridgehead atoms. The van der Waals surface area contributed by atoms with Gasteiger partial charge in [-0.05, 0) is 31.0 Å². The first kappa shape index (κ1) is 19.7. The van der Waals surface area contributed by atoms with Crippen molar-refractivity contribution in [2.24, 2.45) is 0 Å². The predicted octanol–water partition coefficient (Wildman–Crippen LogP) is 1.04. The molecule has 10 heteroatoms. The van der Waals surface area contributed by atoms with Crippen molar-refractivity contribution in [1.29, 1.82) is 0 Å². The zero-order valence-corrected chi connectivity index (χ0v) is 16.1. The van der Waals surface area contributed by atoms with E-state index in [2.05, 4.69) is 26.3 Å². The number of aromatic nitrogens is 3. The molecule has 0 unspecified atom stereocenters. The molecular weight excluding hydrogens is 365 g/mol. The number of likely N-dealkylation sites (N-methyl/N-ethyl adjacent to an activating group) is 1. The highest BCUT2D eigenvalue weighted by Crippen LogP contribution is 2.20. The van der Waals surface area contributed by atoms with Gasteiger partial charge in [-0.3, -0.25) is 4.79 Å². The van der Waals surface area contributed by atoms with Gasteiger partial charge in [0.05, 0.1) is 24.8 Å². The van der Waals surface area contributed by atoms with Crippen molar-refractivity contribution in [2.45, 2.75) is 32.0 Å². The summed E-state index contributed by atoms with van der Waals surface area (Å²) in [7, 11) is 3.23. The topological polar surface area (TPSA) is 104 Å². The minimum absolute atomic E-state index is 0.0256. The lowest BCUT2D eigenvalue weighted by Crippen LogP contribution is -2.38. The van der Waals surface area contributed by atoms with Crippen molar-refractivity contribution in [3.05, 3.63) is 41.5 Å². The zero-order chi connectivity index (χ0) is 20.3. The minimum atomic E-state index is -0.410. The van der Waals surface area contributed by atoms with Crippen molar-refractivity contribution in [1.82, 2.24) is 30.5 Å². The maximum Gasteiger partial charge on any atom is 0.321 e. The zero-order valence-electron chi connectivity index (χ0n) is 16.1. The molecule has 3 N–H and O–H groups in total. The van der Waals surface area contributed by atoms with Crippen LogP contribution in [0.3, 0.4) is 0 Å². The van der Waals surface area contributed by atoms with Crippen LogP contribution in [0.2, 0.25) is 0 Å². The number of aryl methyl sites for hydroxylation is 1. The molecule has 0 saturated carbocycles. The van der Waals surface area contributed by atoms with Gasteiger partial charge >= 0.3 is 6.03 Å². The quantitative estimate of drug-likeness (QED) is 0.709. The first-order valence-electron chi connectivity index (χ1n) is 9.01. The molecule has 0 spiro atoms. The van der Waals surface area contributed by atoms with E-state index in [0.717, 1.165) is 5.56 Å². The number of carbonyl (C=O) groups excluding carboxylic acids is 2. The van der Waals surface area contributed by atoms with Crippen LogP contribution >= 0.6 is 0 Å². The Kier molecular flexibility index (Phi) is 5.88. The average Bonchev–Trinajstić information content (AvgIpc) is 3.33. The first-order valence-corrected chi connectivity index (χ1v) is 9.01. The van der Waals surface area contributed by atoms with E-state index in [0.29, 0.717) is 24.3 Å². The largest absolute Gasteiger partial charge is 0.358 e. The molecule has 0 aliphatic carbocycles. The fourth-order valence-corrected chi connectivity index (χ4v) is 3.11. The van der Waals surface area contributed by atoms with E-state index in [1.807, 2.05) is 0 Å². The summed E-state index contributed by atoms with van der Waals surface area (Å²) in [5, 5.41) is 16.7. The molecule has 1 aromatic carbocycles. The van der Waals surface area contributed by atoms with Crippen molar-refractivity contribution < 1.29 is 14.0 Å². The Morgan fingerprint density at radius 2 is 2.21 bits per heavy atom. The Morgan fingerprint density at radius 3 is 2.96 bits per heavy atom. The maximum absolute atomic E-state index is 13.4. The molecule has 0 radical (unpaired) electrons. The molecule has 1 aromatic heterocycles. The molecular formula is C18H24FN7O2. The summed E-state index contributed by atoms with van der Waals surface area (Å²) in [6.07, 6.45) is 2.40. The molecule has 1 aliphatic heterocycles. The standard InChI is InChI=1S/C18H24FN7O2/c1-11-4-5-12(19)6-15(11)22-18(28)25(3)9-13-10-26(24-23-13)14-7-16(21-8-14)17(27)20-2/h4-6,10,14,16,21H,7-9H2,1-3H3,(H,20,27)(H,22,28)/t14-,16-/m0/s1. The van der Waals surface area contributed by atoms with Gasteiger partial charge in [0.1, 0.15) is 11.5 Å². The van der Waals surface area contributed by atoms with Crippen LogP contribution in [0.25, 0.3) is 0 Å². The van der Waals surface area contributed by atoms with E-state index in [4.69, 9.17) is 0 Å². The number of nitrogens with zero attached hydrogens (tertiary/aromatic N) is 4. The lowest BCUT2D eigenvalue weighted by molar-refractivity contribution is -0.122. The summed E-state index contributed by atoms with van der Waals surface area (Å²) in [5.74, 6) is -0.460. The molecule has 2 heterocycles. The number of nitrogens with one attached hydrogen (secondary N) is 3. The van der Waals surface area contributed by atoms with Crippen LogP contribution in [0.5, 0.6) is 0 Å². The van der Waals surface area contributed by atoms with Gasteiger partial charge < -0.3 is 20.9 Å². The van der Waals surface area contributed by atoms with E-state index in [9.17, 15) is 14.0 Å². The molecule has 150 valence electrons. The average molecular weight is 389 g/mol. The minimum Gasteiger partial charge on any atom is -0.358 e. The molecule has 2 aromatic rings. The molecule has 1 saturated heterocycles. The summed E-state index contributed by atoms with van der Waals surface area (Å²) in [5.41, 5.74) is 1.82. The number of halogens is 1. The molecule has 1 aliphatic rings. The van der Waals surface area contributed by atoms with Gasteiger partial charge in [0.15, 0.2) is 0 Å². The van der Waals surface area contributed by atoms with Gasteiger partial charge in [-0.1, -0.05) is 11.3 Å². The van der Waals surface area contributed by atoms with E-state index >= 15 is 0 Å². The van der Waals surface area contributed by atoms with E-state index in [1.165, 1.54) is 17.0 Å². The third kappa shape index (κ3) is 4.45. The molecule has 2 atom stereocenters. The third-order valence-electron chi connectivity index (χ3n) is 4.79. The lowest BCUT2D eigenvalue weighted by Gasteiger charge is -2.17. The summed E-state index contributed by atoms with van der Waals surface area (Å²) in [6, 6.07) is 3.65. The van der Waals surface area contributed by atoms with Crippen LogP contribution in [-0.4, -0.2) is 58.5 Å². The summed E-state index contributed by atoms with van der Waals surface area (Å²) >= 11 is 0. The van der Waals surface area contributed by atoms with Gasteiger partial charge in [-0.2, -0.15) is 0 Å². The first-order chi connectivity index (χ1) is 13.4. The van der Waals surface area contributed by atoms with Crippen LogP contribution < -0.4 is 16.0 Å². The maximum atomic E-state index is 13.4. The van der Waals surface area contributed by atoms with Gasteiger partial charge in [0.2, 0.25) is 5.91 Å². The van der Waals surface area contributed by atoms with Gasteiger partial charge in [0.25, 0.3) is 0 Å². The van der Waals surface area contributed by atoms with Crippen LogP contribution in [0.15, 0.2) is 24.4 Å². The van der Waals surface area contributed by atoms with Crippen molar-refractivity contribution in [3.8, 4) is 0 Å². The Labute approximate surface area is 162 Å². The number of benzene rings is 1. The number of hydrogen-bond donors (Lipinski definition) is 3. The second kappa shape index (κ2) is 8.34. The van der Waals surface area contributed by atoms with Crippen LogP contribution in [0.1, 0.15) is 23.7 Å². The second-order valence-electron chi connectivity index (χ2n) is 6.90. The Morgan fingerprint density at radius 1 is 1.43 bits per heavy atom. The molecule has 9 nitrogen and oxygen atoms in total. The normalized spacial score (nSPS) is 18.7. The number of carbonyl (C=O) groups is 2. The number of amides is 3. The van der Waals surface area contributed by atoms with Crippen molar-refractivity contribution in [2.75, 3.05) is 26.0 Å². The summed E-state index contributed by atoms with van der Waals surface area (Å²) < 4.78 is 15.1. The highest BCUT2D eigenvalue weighted by Gasteiger charge is 2.30. The van der Waals surface area contributed by atoms with E-state index < -0.39 is 5.82 Å². The highest BCUT2D eigenvalue weighted by molar-refractivity contribution is 5.89. The molecule has 28 heavy (non-hydrogen) atoms. The van der Waals surface area contributed by atoms with Crippen LogP contribution in [0, 0.1) is 12.7 Å². The number of hydrogen-bond acceptors (Lipinski definition) is 5. The molecule has 1 fully saturated rings. The van der Waals surface area contributed by atoms with E-state index in [1.54, 1.807) is 38.0 Å². The summed E-state index contributed by atoms with van der Waals surface area (Å²) in [6.45, 7) is 2.66. The van der Waals surface area contributed by atoms with Gasteiger partial charge in [0, 0.05) is 26.3 Å². The monoisotopic (exact) mass is 389 g/mol. The fourth-order valence-electron chi connectivity index (χ4n) is 3.11. The van der Waals surface area contributed by atoms with Crippen molar-refractivity contribution >= 4 is 17.6 Å². The SMILES string of the molecule is CNC(=O)[C@@H]1C[C@H](n2cc(CN(C)C(=O)Nc3cc(F)ccc3C)nn2)CN1.